The third-order valence-corrected chi connectivity index (χ3v) is 3.27. The van der Waals surface area contributed by atoms with Crippen molar-refractivity contribution in [3.8, 4) is 11.5 Å². The maximum absolute atomic E-state index is 11.8. The lowest BCUT2D eigenvalue weighted by atomic mass is 10.1. The molecule has 2 rings (SSSR count). The molecule has 0 aliphatic rings. The average Bonchev–Trinajstić information content (AvgIpc) is 2.79. The van der Waals surface area contributed by atoms with Crippen LogP contribution < -0.4 is 9.47 Å². The zero-order valence-corrected chi connectivity index (χ0v) is 12.7. The largest absolute Gasteiger partial charge is 0.490 e. The molecule has 0 atom stereocenters. The number of hydrogen-bond acceptors (Lipinski definition) is 4. The summed E-state index contributed by atoms with van der Waals surface area (Å²) in [5.74, 6) is 1.28. The number of aromatic nitrogens is 1. The number of ketones is 1. The molecule has 1 heterocycles. The summed E-state index contributed by atoms with van der Waals surface area (Å²) in [6.45, 7) is 6.86. The molecule has 0 radical (unpaired) electrons. The number of aliphatic hydroxyl groups excluding tert-OH is 1. The van der Waals surface area contributed by atoms with E-state index in [4.69, 9.17) is 9.47 Å². The molecule has 0 unspecified atom stereocenters. The molecule has 5 nitrogen and oxygen atoms in total. The molecule has 5 heteroatoms. The summed E-state index contributed by atoms with van der Waals surface area (Å²) < 4.78 is 13.1. The van der Waals surface area contributed by atoms with E-state index < -0.39 is 0 Å². The number of rotatable bonds is 7. The second kappa shape index (κ2) is 6.63. The van der Waals surface area contributed by atoms with Crippen LogP contribution in [0.1, 0.15) is 31.1 Å². The molecule has 114 valence electrons. The summed E-state index contributed by atoms with van der Waals surface area (Å²) in [5.41, 5.74) is 1.49. The van der Waals surface area contributed by atoms with E-state index in [9.17, 15) is 9.90 Å². The number of hydrogen-bond donors (Lipinski definition) is 1. The first-order valence-corrected chi connectivity index (χ1v) is 7.16. The summed E-state index contributed by atoms with van der Waals surface area (Å²) >= 11 is 0. The molecule has 1 N–H and O–H groups in total. The van der Waals surface area contributed by atoms with Crippen LogP contribution in [-0.4, -0.2) is 35.3 Å². The van der Waals surface area contributed by atoms with Crippen LogP contribution in [0.4, 0.5) is 0 Å². The highest BCUT2D eigenvalue weighted by Gasteiger charge is 2.16. The molecule has 0 aliphatic carbocycles. The predicted octanol–water partition coefficient (Wildman–Crippen LogP) is 2.63. The molecule has 1 aromatic heterocycles. The lowest BCUT2D eigenvalue weighted by Gasteiger charge is -2.12. The van der Waals surface area contributed by atoms with Crippen LogP contribution in [0, 0.1) is 0 Å². The van der Waals surface area contributed by atoms with Gasteiger partial charge < -0.3 is 19.1 Å². The SMILES string of the molecule is CCOc1cc2c(C(C)=O)cn(CCO)c2cc1OCC. The van der Waals surface area contributed by atoms with Crippen LogP contribution >= 0.6 is 0 Å². The van der Waals surface area contributed by atoms with E-state index in [1.807, 2.05) is 30.5 Å². The molecule has 0 amide bonds. The quantitative estimate of drug-likeness (QED) is 0.797. The fraction of sp³-hybridized carbons (Fsp3) is 0.438. The second-order valence-electron chi connectivity index (χ2n) is 4.70. The van der Waals surface area contributed by atoms with Gasteiger partial charge in [-0.25, -0.2) is 0 Å². The number of nitrogens with zero attached hydrogens (tertiary/aromatic N) is 1. The molecule has 0 bridgehead atoms. The summed E-state index contributed by atoms with van der Waals surface area (Å²) in [6.07, 6.45) is 1.77. The van der Waals surface area contributed by atoms with Crippen LogP contribution in [-0.2, 0) is 6.54 Å². The Bertz CT molecular complexity index is 645. The first-order valence-electron chi connectivity index (χ1n) is 7.16. The summed E-state index contributed by atoms with van der Waals surface area (Å²) in [6, 6.07) is 3.71. The van der Waals surface area contributed by atoms with Crippen LogP contribution in [0.3, 0.4) is 0 Å². The van der Waals surface area contributed by atoms with E-state index in [2.05, 4.69) is 0 Å². The monoisotopic (exact) mass is 291 g/mol. The second-order valence-corrected chi connectivity index (χ2v) is 4.70. The lowest BCUT2D eigenvalue weighted by molar-refractivity contribution is 0.101. The molecule has 1 aromatic carbocycles. The lowest BCUT2D eigenvalue weighted by Crippen LogP contribution is -2.02. The minimum absolute atomic E-state index is 0.0108. The number of benzene rings is 1. The third-order valence-electron chi connectivity index (χ3n) is 3.27. The Hall–Kier alpha value is -2.01. The molecule has 0 fully saturated rings. The van der Waals surface area contributed by atoms with Crippen molar-refractivity contribution in [1.82, 2.24) is 4.57 Å². The highest BCUT2D eigenvalue weighted by atomic mass is 16.5. The van der Waals surface area contributed by atoms with Crippen molar-refractivity contribution in [2.75, 3.05) is 19.8 Å². The number of carbonyl (C=O) groups excluding carboxylic acids is 1. The average molecular weight is 291 g/mol. The van der Waals surface area contributed by atoms with Crippen molar-refractivity contribution < 1.29 is 19.4 Å². The van der Waals surface area contributed by atoms with Crippen molar-refractivity contribution in [1.29, 1.82) is 0 Å². The molecule has 2 aromatic rings. The summed E-state index contributed by atoms with van der Waals surface area (Å²) in [4.78, 5) is 11.8. The minimum atomic E-state index is -0.0108. The van der Waals surface area contributed by atoms with Gasteiger partial charge in [0, 0.05) is 29.8 Å². The van der Waals surface area contributed by atoms with Gasteiger partial charge in [0.05, 0.1) is 25.3 Å². The van der Waals surface area contributed by atoms with Gasteiger partial charge in [-0.2, -0.15) is 0 Å². The van der Waals surface area contributed by atoms with Crippen LogP contribution in [0.5, 0.6) is 11.5 Å². The van der Waals surface area contributed by atoms with E-state index >= 15 is 0 Å². The summed E-state index contributed by atoms with van der Waals surface area (Å²) in [5, 5.41) is 10.00. The normalized spacial score (nSPS) is 10.9. The van der Waals surface area contributed by atoms with Gasteiger partial charge in [-0.1, -0.05) is 0 Å². The molecule has 0 spiro atoms. The molecule has 21 heavy (non-hydrogen) atoms. The Morgan fingerprint density at radius 2 is 1.81 bits per heavy atom. The van der Waals surface area contributed by atoms with Crippen molar-refractivity contribution in [3.05, 3.63) is 23.9 Å². The van der Waals surface area contributed by atoms with Crippen molar-refractivity contribution in [2.45, 2.75) is 27.3 Å². The van der Waals surface area contributed by atoms with Gasteiger partial charge in [0.25, 0.3) is 0 Å². The maximum atomic E-state index is 11.8. The van der Waals surface area contributed by atoms with Crippen molar-refractivity contribution >= 4 is 16.7 Å². The maximum Gasteiger partial charge on any atom is 0.163 e. The van der Waals surface area contributed by atoms with Gasteiger partial charge in [-0.3, -0.25) is 4.79 Å². The third kappa shape index (κ3) is 3.03. The van der Waals surface area contributed by atoms with Gasteiger partial charge in [0.1, 0.15) is 0 Å². The Labute approximate surface area is 124 Å². The summed E-state index contributed by atoms with van der Waals surface area (Å²) in [7, 11) is 0. The molecule has 0 saturated heterocycles. The van der Waals surface area contributed by atoms with Crippen LogP contribution in [0.15, 0.2) is 18.3 Å². The fourth-order valence-electron chi connectivity index (χ4n) is 2.41. The highest BCUT2D eigenvalue weighted by Crippen LogP contribution is 2.35. The number of aliphatic hydroxyl groups is 1. The topological polar surface area (TPSA) is 60.7 Å². The van der Waals surface area contributed by atoms with E-state index in [0.29, 0.717) is 36.8 Å². The van der Waals surface area contributed by atoms with Crippen LogP contribution in [0.2, 0.25) is 0 Å². The Morgan fingerprint density at radius 3 is 2.33 bits per heavy atom. The number of fused-ring (bicyclic) bond motifs is 1. The van der Waals surface area contributed by atoms with E-state index in [-0.39, 0.29) is 12.4 Å². The predicted molar refractivity (Wildman–Crippen MR) is 81.4 cm³/mol. The highest BCUT2D eigenvalue weighted by molar-refractivity contribution is 6.07. The Morgan fingerprint density at radius 1 is 1.19 bits per heavy atom. The van der Waals surface area contributed by atoms with Crippen LogP contribution in [0.25, 0.3) is 10.9 Å². The van der Waals surface area contributed by atoms with Gasteiger partial charge in [0.15, 0.2) is 17.3 Å². The molecular weight excluding hydrogens is 270 g/mol. The van der Waals surface area contributed by atoms with E-state index in [0.717, 1.165) is 10.9 Å². The Balaban J connectivity index is 2.67. The zero-order chi connectivity index (χ0) is 15.4. The van der Waals surface area contributed by atoms with E-state index in [1.54, 1.807) is 6.20 Å². The smallest absolute Gasteiger partial charge is 0.163 e. The molecule has 0 saturated carbocycles. The number of Topliss-reactive ketones (excluding diaryl/α,β-unsaturated/α-hetero) is 1. The standard InChI is InChI=1S/C16H21NO4/c1-4-20-15-8-12-13(11(3)19)10-17(6-7-18)14(12)9-16(15)21-5-2/h8-10,18H,4-7H2,1-3H3. The van der Waals surface area contributed by atoms with Gasteiger partial charge >= 0.3 is 0 Å². The van der Waals surface area contributed by atoms with Gasteiger partial charge in [0.2, 0.25) is 0 Å². The number of ether oxygens (including phenoxy) is 2. The molecular formula is C16H21NO4. The first-order chi connectivity index (χ1) is 10.1. The first kappa shape index (κ1) is 15.4. The Kier molecular flexibility index (Phi) is 4.85. The minimum Gasteiger partial charge on any atom is -0.490 e. The molecule has 0 aliphatic heterocycles. The fourth-order valence-corrected chi connectivity index (χ4v) is 2.41. The van der Waals surface area contributed by atoms with Crippen molar-refractivity contribution in [3.63, 3.8) is 0 Å². The van der Waals surface area contributed by atoms with Gasteiger partial charge in [-0.15, -0.1) is 0 Å². The van der Waals surface area contributed by atoms with Gasteiger partial charge in [-0.05, 0) is 26.8 Å². The van der Waals surface area contributed by atoms with E-state index in [1.165, 1.54) is 6.92 Å². The van der Waals surface area contributed by atoms with Crippen molar-refractivity contribution in [2.24, 2.45) is 0 Å². The zero-order valence-electron chi connectivity index (χ0n) is 12.7. The number of carbonyl (C=O) groups is 1.